The number of amidine groups is 1. The highest BCUT2D eigenvalue weighted by atomic mass is 35.5. The summed E-state index contributed by atoms with van der Waals surface area (Å²) in [5, 5.41) is 3.69. The molecule has 1 aliphatic heterocycles. The van der Waals surface area contributed by atoms with Crippen LogP contribution in [-0.2, 0) is 10.0 Å². The van der Waals surface area contributed by atoms with E-state index in [1.54, 1.807) is 37.4 Å². The van der Waals surface area contributed by atoms with Gasteiger partial charge in [0.25, 0.3) is 10.0 Å². The Hall–Kier alpha value is -2.64. The average molecular weight is 460 g/mol. The zero-order chi connectivity index (χ0) is 22.6. The largest absolute Gasteiger partial charge is 0.362 e. The Morgan fingerprint density at radius 2 is 1.81 bits per heavy atom. The minimum absolute atomic E-state index is 0.0292. The molecule has 5 nitrogen and oxygen atoms in total. The second-order valence-corrected chi connectivity index (χ2v) is 10.8. The first kappa shape index (κ1) is 21.6. The van der Waals surface area contributed by atoms with Crippen molar-refractivity contribution in [1.29, 1.82) is 0 Å². The molecule has 1 atom stereocenters. The van der Waals surface area contributed by atoms with Crippen LogP contribution in [0.3, 0.4) is 0 Å². The van der Waals surface area contributed by atoms with Crippen molar-refractivity contribution in [3.63, 3.8) is 0 Å². The van der Waals surface area contributed by atoms with Crippen molar-refractivity contribution in [2.75, 3.05) is 7.05 Å². The summed E-state index contributed by atoms with van der Waals surface area (Å²) in [5.41, 5.74) is 1.57. The zero-order valence-corrected chi connectivity index (χ0v) is 19.2. The minimum atomic E-state index is -4.05. The van der Waals surface area contributed by atoms with Crippen LogP contribution in [0.4, 0.5) is 4.39 Å². The Morgan fingerprint density at radius 3 is 2.42 bits per heavy atom. The van der Waals surface area contributed by atoms with Gasteiger partial charge in [-0.15, -0.1) is 0 Å². The molecule has 0 saturated heterocycles. The van der Waals surface area contributed by atoms with Crippen LogP contribution in [0.1, 0.15) is 37.9 Å². The molecule has 1 N–H and O–H groups in total. The molecule has 0 fully saturated rings. The lowest BCUT2D eigenvalue weighted by Gasteiger charge is -2.29. The first-order chi connectivity index (χ1) is 14.6. The monoisotopic (exact) mass is 459 g/mol. The molecule has 3 aromatic rings. The number of aliphatic imine (C=N–C) groups is 1. The molecule has 1 aliphatic rings. The molecular formula is C23H23ClFN3O2S. The summed E-state index contributed by atoms with van der Waals surface area (Å²) < 4.78 is 43.5. The van der Waals surface area contributed by atoms with Gasteiger partial charge in [0.05, 0.1) is 16.6 Å². The van der Waals surface area contributed by atoms with Gasteiger partial charge < -0.3 is 5.32 Å². The Kier molecular flexibility index (Phi) is 5.22. The quantitative estimate of drug-likeness (QED) is 0.581. The highest BCUT2D eigenvalue weighted by molar-refractivity contribution is 7.90. The maximum Gasteiger partial charge on any atom is 0.268 e. The number of nitrogens with one attached hydrogen (secondary N) is 1. The Labute approximate surface area is 186 Å². The predicted octanol–water partition coefficient (Wildman–Crippen LogP) is 5.25. The third kappa shape index (κ3) is 3.55. The summed E-state index contributed by atoms with van der Waals surface area (Å²) in [4.78, 5) is 4.34. The van der Waals surface area contributed by atoms with Gasteiger partial charge >= 0.3 is 0 Å². The Morgan fingerprint density at radius 1 is 1.10 bits per heavy atom. The number of hydrogen-bond donors (Lipinski definition) is 1. The van der Waals surface area contributed by atoms with Gasteiger partial charge in [0, 0.05) is 35.0 Å². The summed E-state index contributed by atoms with van der Waals surface area (Å²) in [5.74, 6) is 0.0769. The third-order valence-electron chi connectivity index (χ3n) is 5.41. The maximum atomic E-state index is 15.0. The average Bonchev–Trinajstić information content (AvgIpc) is 3.25. The summed E-state index contributed by atoms with van der Waals surface area (Å²) in [7, 11) is -2.41. The van der Waals surface area contributed by atoms with Crippen molar-refractivity contribution >= 4 is 27.5 Å². The highest BCUT2D eigenvalue weighted by Gasteiger charge is 2.41. The number of aromatic nitrogens is 1. The Bertz CT molecular complexity index is 1310. The van der Waals surface area contributed by atoms with Crippen LogP contribution in [0.15, 0.2) is 64.6 Å². The molecule has 0 aliphatic carbocycles. The van der Waals surface area contributed by atoms with Crippen LogP contribution in [0.25, 0.3) is 11.3 Å². The molecule has 31 heavy (non-hydrogen) atoms. The zero-order valence-electron chi connectivity index (χ0n) is 17.6. The third-order valence-corrected chi connectivity index (χ3v) is 7.30. The molecule has 0 amide bonds. The number of rotatable bonds is 3. The van der Waals surface area contributed by atoms with Crippen molar-refractivity contribution in [3.8, 4) is 11.3 Å². The normalized spacial score (nSPS) is 17.6. The Balaban J connectivity index is 2.10. The van der Waals surface area contributed by atoms with Crippen LogP contribution < -0.4 is 5.32 Å². The van der Waals surface area contributed by atoms with Gasteiger partial charge in [-0.1, -0.05) is 50.6 Å². The lowest BCUT2D eigenvalue weighted by Crippen LogP contribution is -2.31. The second kappa shape index (κ2) is 7.50. The van der Waals surface area contributed by atoms with E-state index in [1.807, 2.05) is 20.8 Å². The van der Waals surface area contributed by atoms with Gasteiger partial charge in [0.2, 0.25) is 0 Å². The van der Waals surface area contributed by atoms with Crippen molar-refractivity contribution < 1.29 is 12.8 Å². The second-order valence-electron chi connectivity index (χ2n) is 8.56. The van der Waals surface area contributed by atoms with E-state index in [0.29, 0.717) is 27.7 Å². The maximum absolute atomic E-state index is 15.0. The summed E-state index contributed by atoms with van der Waals surface area (Å²) in [6, 6.07) is 12.0. The molecule has 0 bridgehead atoms. The number of benzene rings is 2. The van der Waals surface area contributed by atoms with E-state index in [2.05, 4.69) is 10.3 Å². The lowest BCUT2D eigenvalue weighted by atomic mass is 9.82. The van der Waals surface area contributed by atoms with Gasteiger partial charge in [-0.25, -0.2) is 16.8 Å². The van der Waals surface area contributed by atoms with Gasteiger partial charge in [-0.05, 0) is 35.7 Å². The lowest BCUT2D eigenvalue weighted by molar-refractivity contribution is 0.309. The van der Waals surface area contributed by atoms with E-state index >= 15 is 0 Å². The SMILES string of the molecule is CN=C1NC(C(C)(C)C)c2c1cn(S(=O)(=O)c1cccc(Cl)c1)c2-c1ccccc1F. The molecule has 8 heteroatoms. The van der Waals surface area contributed by atoms with E-state index in [9.17, 15) is 12.8 Å². The van der Waals surface area contributed by atoms with Gasteiger partial charge in [0.15, 0.2) is 0 Å². The number of fused-ring (bicyclic) bond motifs is 1. The van der Waals surface area contributed by atoms with Crippen LogP contribution in [-0.4, -0.2) is 25.3 Å². The standard InChI is InChI=1S/C23H23ClFN3O2S/c1-23(2,3)21-19-17(22(26-4)27-21)13-28(20(19)16-10-5-6-11-18(16)25)31(29,30)15-9-7-8-14(24)12-15/h5-13,21H,1-4H3,(H,26,27). The van der Waals surface area contributed by atoms with E-state index in [4.69, 9.17) is 11.6 Å². The van der Waals surface area contributed by atoms with E-state index < -0.39 is 15.8 Å². The summed E-state index contributed by atoms with van der Waals surface area (Å²) in [6.07, 6.45) is 1.52. The van der Waals surface area contributed by atoms with Gasteiger partial charge in [-0.2, -0.15) is 0 Å². The molecule has 1 unspecified atom stereocenters. The van der Waals surface area contributed by atoms with Crippen LogP contribution >= 0.6 is 11.6 Å². The van der Waals surface area contributed by atoms with E-state index in [-0.39, 0.29) is 21.9 Å². The minimum Gasteiger partial charge on any atom is -0.362 e. The number of halogens is 2. The predicted molar refractivity (Wildman–Crippen MR) is 122 cm³/mol. The van der Waals surface area contributed by atoms with Crippen molar-refractivity contribution in [1.82, 2.24) is 9.29 Å². The fourth-order valence-corrected chi connectivity index (χ4v) is 5.64. The topological polar surface area (TPSA) is 63.5 Å². The summed E-state index contributed by atoms with van der Waals surface area (Å²) in [6.45, 7) is 6.13. The van der Waals surface area contributed by atoms with Gasteiger partial charge in [0.1, 0.15) is 11.7 Å². The molecular weight excluding hydrogens is 437 g/mol. The van der Waals surface area contributed by atoms with Crippen LogP contribution in [0.2, 0.25) is 5.02 Å². The first-order valence-corrected chi connectivity index (χ1v) is 11.6. The summed E-state index contributed by atoms with van der Waals surface area (Å²) >= 11 is 6.06. The molecule has 162 valence electrons. The molecule has 2 heterocycles. The number of nitrogens with zero attached hydrogens (tertiary/aromatic N) is 2. The first-order valence-electron chi connectivity index (χ1n) is 9.80. The van der Waals surface area contributed by atoms with E-state index in [0.717, 1.165) is 3.97 Å². The van der Waals surface area contributed by atoms with Gasteiger partial charge in [-0.3, -0.25) is 4.99 Å². The fourth-order valence-electron chi connectivity index (χ4n) is 3.95. The molecule has 0 spiro atoms. The van der Waals surface area contributed by atoms with E-state index in [1.165, 1.54) is 24.4 Å². The molecule has 1 aromatic heterocycles. The fraction of sp³-hybridized carbons (Fsp3) is 0.261. The number of hydrogen-bond acceptors (Lipinski definition) is 3. The smallest absolute Gasteiger partial charge is 0.268 e. The molecule has 0 saturated carbocycles. The van der Waals surface area contributed by atoms with Crippen LogP contribution in [0.5, 0.6) is 0 Å². The molecule has 2 aromatic carbocycles. The van der Waals surface area contributed by atoms with Crippen molar-refractivity contribution in [2.24, 2.45) is 10.4 Å². The highest BCUT2D eigenvalue weighted by Crippen LogP contribution is 2.46. The van der Waals surface area contributed by atoms with Crippen molar-refractivity contribution in [3.05, 3.63) is 76.7 Å². The molecule has 4 rings (SSSR count). The van der Waals surface area contributed by atoms with Crippen molar-refractivity contribution in [2.45, 2.75) is 31.7 Å². The van der Waals surface area contributed by atoms with Crippen LogP contribution in [0, 0.1) is 11.2 Å². The molecule has 0 radical (unpaired) electrons.